The summed E-state index contributed by atoms with van der Waals surface area (Å²) in [6, 6.07) is 2.13. The fourth-order valence-corrected chi connectivity index (χ4v) is 3.50. The molecule has 2 aromatic rings. The van der Waals surface area contributed by atoms with E-state index in [1.54, 1.807) is 11.3 Å². The molecule has 0 atom stereocenters. The van der Waals surface area contributed by atoms with Crippen LogP contribution >= 0.6 is 22.9 Å². The lowest BCUT2D eigenvalue weighted by Crippen LogP contribution is -2.29. The van der Waals surface area contributed by atoms with E-state index in [-0.39, 0.29) is 11.2 Å². The van der Waals surface area contributed by atoms with Crippen LogP contribution in [0.4, 0.5) is 5.82 Å². The molecule has 0 unspecified atom stereocenters. The fraction of sp³-hybridized carbons (Fsp3) is 0.462. The monoisotopic (exact) mass is 310 g/mol. The average molecular weight is 311 g/mol. The minimum Gasteiger partial charge on any atom is -0.354 e. The number of fused-ring (bicyclic) bond motifs is 1. The Hall–Kier alpha value is -1.40. The van der Waals surface area contributed by atoms with Crippen molar-refractivity contribution in [3.05, 3.63) is 16.2 Å². The Balaban J connectivity index is 2.04. The van der Waals surface area contributed by atoms with Crippen molar-refractivity contribution in [1.82, 2.24) is 15.3 Å². The molecular weight excluding hydrogens is 296 g/mol. The smallest absolute Gasteiger partial charge is 0.225 e. The highest BCUT2D eigenvalue weighted by atomic mass is 35.5. The van der Waals surface area contributed by atoms with Crippen LogP contribution in [0.15, 0.2) is 6.07 Å². The summed E-state index contributed by atoms with van der Waals surface area (Å²) in [6.45, 7) is 4.15. The maximum Gasteiger partial charge on any atom is 0.225 e. The van der Waals surface area contributed by atoms with Crippen LogP contribution in [-0.4, -0.2) is 35.5 Å². The van der Waals surface area contributed by atoms with Crippen molar-refractivity contribution in [3.8, 4) is 0 Å². The first-order chi connectivity index (χ1) is 9.67. The molecule has 1 fully saturated rings. The van der Waals surface area contributed by atoms with Crippen molar-refractivity contribution in [2.75, 3.05) is 24.5 Å². The van der Waals surface area contributed by atoms with Gasteiger partial charge in [0.05, 0.1) is 5.39 Å². The molecule has 20 heavy (non-hydrogen) atoms. The Morgan fingerprint density at radius 3 is 3.10 bits per heavy atom. The van der Waals surface area contributed by atoms with Crippen molar-refractivity contribution in [1.29, 1.82) is 0 Å². The third-order valence-corrected chi connectivity index (χ3v) is 4.70. The predicted molar refractivity (Wildman–Crippen MR) is 81.6 cm³/mol. The van der Waals surface area contributed by atoms with Crippen LogP contribution in [0.2, 0.25) is 5.28 Å². The molecule has 1 aliphatic heterocycles. The number of halogens is 1. The Morgan fingerprint density at radius 2 is 2.30 bits per heavy atom. The summed E-state index contributed by atoms with van der Waals surface area (Å²) in [5.74, 6) is 0.927. The van der Waals surface area contributed by atoms with Crippen molar-refractivity contribution < 1.29 is 4.79 Å². The zero-order valence-electron chi connectivity index (χ0n) is 11.1. The molecule has 1 aliphatic rings. The summed E-state index contributed by atoms with van der Waals surface area (Å²) < 4.78 is 0. The molecule has 2 aromatic heterocycles. The zero-order chi connectivity index (χ0) is 14.1. The molecule has 1 amide bonds. The standard InChI is InChI=1S/C13H15ClN4OS/c1-2-8-7-9-11(16-13(14)17-12(9)20-8)18-5-3-10(19)15-4-6-18/h7H,2-6H2,1H3,(H,15,19). The molecule has 1 N–H and O–H groups in total. The number of carbonyl (C=O) groups excluding carboxylic acids is 1. The van der Waals surface area contributed by atoms with Gasteiger partial charge in [0.2, 0.25) is 11.2 Å². The second-order valence-electron chi connectivity index (χ2n) is 4.69. The Morgan fingerprint density at radius 1 is 1.45 bits per heavy atom. The lowest BCUT2D eigenvalue weighted by Gasteiger charge is -2.21. The van der Waals surface area contributed by atoms with E-state index in [1.807, 2.05) is 0 Å². The molecular formula is C13H15ClN4OS. The zero-order valence-corrected chi connectivity index (χ0v) is 12.7. The number of thiophene rings is 1. The van der Waals surface area contributed by atoms with Crippen molar-refractivity contribution in [2.24, 2.45) is 0 Å². The van der Waals surface area contributed by atoms with Crippen LogP contribution < -0.4 is 10.2 Å². The van der Waals surface area contributed by atoms with E-state index in [1.165, 1.54) is 4.88 Å². The summed E-state index contributed by atoms with van der Waals surface area (Å²) in [4.78, 5) is 24.4. The maximum atomic E-state index is 11.4. The molecule has 106 valence electrons. The number of amides is 1. The van der Waals surface area contributed by atoms with Gasteiger partial charge >= 0.3 is 0 Å². The molecule has 0 saturated carbocycles. The van der Waals surface area contributed by atoms with Crippen LogP contribution in [0.5, 0.6) is 0 Å². The number of carbonyl (C=O) groups is 1. The van der Waals surface area contributed by atoms with Crippen LogP contribution in [-0.2, 0) is 11.2 Å². The normalized spacial score (nSPS) is 16.3. The third-order valence-electron chi connectivity index (χ3n) is 3.36. The first-order valence-electron chi connectivity index (χ1n) is 6.65. The largest absolute Gasteiger partial charge is 0.354 e. The first kappa shape index (κ1) is 13.6. The Bertz CT molecular complexity index is 657. The number of rotatable bonds is 2. The molecule has 5 nitrogen and oxygen atoms in total. The van der Waals surface area contributed by atoms with Gasteiger partial charge < -0.3 is 10.2 Å². The predicted octanol–water partition coefficient (Wildman–Crippen LogP) is 2.23. The summed E-state index contributed by atoms with van der Waals surface area (Å²) in [6.07, 6.45) is 1.45. The van der Waals surface area contributed by atoms with E-state index in [0.717, 1.165) is 29.0 Å². The van der Waals surface area contributed by atoms with Crippen LogP contribution in [0.1, 0.15) is 18.2 Å². The van der Waals surface area contributed by atoms with Gasteiger partial charge in [0, 0.05) is 30.9 Å². The molecule has 0 spiro atoms. The lowest BCUT2D eigenvalue weighted by atomic mass is 10.3. The van der Waals surface area contributed by atoms with Gasteiger partial charge in [-0.1, -0.05) is 6.92 Å². The second kappa shape index (κ2) is 5.54. The highest BCUT2D eigenvalue weighted by Gasteiger charge is 2.19. The van der Waals surface area contributed by atoms with Crippen molar-refractivity contribution in [2.45, 2.75) is 19.8 Å². The van der Waals surface area contributed by atoms with Crippen LogP contribution in [0, 0.1) is 0 Å². The van der Waals surface area contributed by atoms with Crippen LogP contribution in [0.25, 0.3) is 10.2 Å². The topological polar surface area (TPSA) is 58.1 Å². The lowest BCUT2D eigenvalue weighted by molar-refractivity contribution is -0.120. The minimum atomic E-state index is 0.0865. The quantitative estimate of drug-likeness (QED) is 0.864. The van der Waals surface area contributed by atoms with E-state index in [9.17, 15) is 4.79 Å². The number of hydrogen-bond acceptors (Lipinski definition) is 5. The molecule has 1 saturated heterocycles. The SMILES string of the molecule is CCc1cc2c(N3CCNC(=O)CC3)nc(Cl)nc2s1. The molecule has 3 rings (SSSR count). The van der Waals surface area contributed by atoms with E-state index in [2.05, 4.69) is 33.2 Å². The maximum absolute atomic E-state index is 11.4. The Kier molecular flexibility index (Phi) is 3.76. The van der Waals surface area contributed by atoms with Crippen LogP contribution in [0.3, 0.4) is 0 Å². The minimum absolute atomic E-state index is 0.0865. The van der Waals surface area contributed by atoms with Gasteiger partial charge in [-0.05, 0) is 24.1 Å². The molecule has 0 bridgehead atoms. The molecule has 3 heterocycles. The molecule has 0 aromatic carbocycles. The molecule has 7 heteroatoms. The molecule has 0 radical (unpaired) electrons. The molecule has 0 aliphatic carbocycles. The van der Waals surface area contributed by atoms with E-state index in [4.69, 9.17) is 11.6 Å². The third kappa shape index (κ3) is 2.58. The van der Waals surface area contributed by atoms with Crippen molar-refractivity contribution in [3.63, 3.8) is 0 Å². The fourth-order valence-electron chi connectivity index (χ4n) is 2.33. The van der Waals surface area contributed by atoms with Crippen molar-refractivity contribution >= 4 is 44.9 Å². The number of nitrogens with one attached hydrogen (secondary N) is 1. The number of aryl methyl sites for hydroxylation is 1. The van der Waals surface area contributed by atoms with Gasteiger partial charge in [0.15, 0.2) is 0 Å². The number of hydrogen-bond donors (Lipinski definition) is 1. The summed E-state index contributed by atoms with van der Waals surface area (Å²) in [5.41, 5.74) is 0. The van der Waals surface area contributed by atoms with Gasteiger partial charge in [0.25, 0.3) is 0 Å². The summed E-state index contributed by atoms with van der Waals surface area (Å²) in [5, 5.41) is 4.17. The summed E-state index contributed by atoms with van der Waals surface area (Å²) in [7, 11) is 0. The second-order valence-corrected chi connectivity index (χ2v) is 6.14. The summed E-state index contributed by atoms with van der Waals surface area (Å²) >= 11 is 7.69. The number of aromatic nitrogens is 2. The number of nitrogens with zero attached hydrogens (tertiary/aromatic N) is 3. The van der Waals surface area contributed by atoms with Gasteiger partial charge in [-0.15, -0.1) is 11.3 Å². The van der Waals surface area contributed by atoms with Gasteiger partial charge in [-0.25, -0.2) is 4.98 Å². The van der Waals surface area contributed by atoms with Gasteiger partial charge in [-0.3, -0.25) is 4.79 Å². The van der Waals surface area contributed by atoms with Gasteiger partial charge in [-0.2, -0.15) is 4.98 Å². The van der Waals surface area contributed by atoms with E-state index >= 15 is 0 Å². The van der Waals surface area contributed by atoms with E-state index < -0.39 is 0 Å². The Labute approximate surface area is 126 Å². The highest BCUT2D eigenvalue weighted by molar-refractivity contribution is 7.18. The first-order valence-corrected chi connectivity index (χ1v) is 7.84. The number of anilines is 1. The highest BCUT2D eigenvalue weighted by Crippen LogP contribution is 2.32. The van der Waals surface area contributed by atoms with E-state index in [0.29, 0.717) is 19.5 Å². The van der Waals surface area contributed by atoms with Gasteiger partial charge in [0.1, 0.15) is 10.6 Å². The average Bonchev–Trinajstić information content (AvgIpc) is 2.72.